The molecule has 0 atom stereocenters. The quantitative estimate of drug-likeness (QED) is 0.288. The summed E-state index contributed by atoms with van der Waals surface area (Å²) in [4.78, 5) is 10.4. The van der Waals surface area contributed by atoms with Crippen molar-refractivity contribution >= 4 is 6.09 Å². The molecule has 0 radical (unpaired) electrons. The summed E-state index contributed by atoms with van der Waals surface area (Å²) >= 11 is 0. The minimum Gasteiger partial charge on any atom is -0.465 e. The van der Waals surface area contributed by atoms with E-state index in [1.807, 2.05) is 0 Å². The molecule has 174 valence electrons. The molecule has 0 aromatic rings. The number of carboxylic acid groups (broad SMARTS) is 1. The van der Waals surface area contributed by atoms with Crippen LogP contribution in [0.15, 0.2) is 0 Å². The zero-order chi connectivity index (χ0) is 23.5. The molecule has 1 N–H and O–H groups in total. The van der Waals surface area contributed by atoms with Crippen LogP contribution in [0.4, 0.5) is 57.5 Å². The number of hydrogen-bond acceptors (Lipinski definition) is 1. The van der Waals surface area contributed by atoms with Crippen molar-refractivity contribution in [1.82, 2.24) is 4.90 Å². The largest absolute Gasteiger partial charge is 0.465 e. The van der Waals surface area contributed by atoms with Crippen LogP contribution in [0, 0.1) is 0 Å². The fraction of sp³-hybridized carbons (Fsp3) is 0.929. The van der Waals surface area contributed by atoms with E-state index in [9.17, 15) is 57.5 Å². The van der Waals surface area contributed by atoms with Crippen LogP contribution in [0.2, 0.25) is 0 Å². The minimum absolute atomic E-state index is 0.183. The number of unbranched alkanes of at least 4 members (excludes halogenated alkanes) is 3. The molecule has 0 aromatic heterocycles. The Labute approximate surface area is 156 Å². The SMILES string of the molecule is CCCCCCN(CC(F)(F)C(F)(F)C(F)(F)C(F)(F)C(F)(F)C(F)F)C(=O)O. The second-order valence-electron chi connectivity index (χ2n) is 6.12. The zero-order valence-corrected chi connectivity index (χ0v) is 14.7. The van der Waals surface area contributed by atoms with Gasteiger partial charge in [0.25, 0.3) is 0 Å². The van der Waals surface area contributed by atoms with Gasteiger partial charge in [-0.05, 0) is 6.42 Å². The van der Waals surface area contributed by atoms with Gasteiger partial charge in [0.2, 0.25) is 0 Å². The van der Waals surface area contributed by atoms with E-state index in [2.05, 4.69) is 0 Å². The highest BCUT2D eigenvalue weighted by Gasteiger charge is 2.87. The van der Waals surface area contributed by atoms with Gasteiger partial charge in [-0.2, -0.15) is 43.9 Å². The number of hydrogen-bond donors (Lipinski definition) is 1. The summed E-state index contributed by atoms with van der Waals surface area (Å²) in [6.07, 6.45) is -6.80. The van der Waals surface area contributed by atoms with Gasteiger partial charge in [0, 0.05) is 6.54 Å². The van der Waals surface area contributed by atoms with Crippen molar-refractivity contribution in [2.75, 3.05) is 13.1 Å². The van der Waals surface area contributed by atoms with E-state index in [0.29, 0.717) is 12.8 Å². The Morgan fingerprint density at radius 3 is 1.69 bits per heavy atom. The molecule has 0 aliphatic rings. The molecule has 0 rings (SSSR count). The number of carbonyl (C=O) groups is 1. The average molecular weight is 459 g/mol. The summed E-state index contributed by atoms with van der Waals surface area (Å²) < 4.78 is 157. The molecule has 15 heteroatoms. The molecule has 0 fully saturated rings. The fourth-order valence-electron chi connectivity index (χ4n) is 2.08. The van der Waals surface area contributed by atoms with Crippen molar-refractivity contribution in [3.63, 3.8) is 0 Å². The Morgan fingerprint density at radius 2 is 1.31 bits per heavy atom. The van der Waals surface area contributed by atoms with Crippen molar-refractivity contribution in [3.8, 4) is 0 Å². The first-order valence-electron chi connectivity index (χ1n) is 7.96. The van der Waals surface area contributed by atoms with Crippen LogP contribution >= 0.6 is 0 Å². The summed E-state index contributed by atoms with van der Waals surface area (Å²) in [5.74, 6) is -35.9. The van der Waals surface area contributed by atoms with Crippen LogP contribution in [0.25, 0.3) is 0 Å². The van der Waals surface area contributed by atoms with E-state index in [-0.39, 0.29) is 12.8 Å². The molecule has 0 heterocycles. The van der Waals surface area contributed by atoms with Gasteiger partial charge in [-0.25, -0.2) is 13.6 Å². The molecule has 0 bridgehead atoms. The van der Waals surface area contributed by atoms with E-state index in [0.717, 1.165) is 0 Å². The Morgan fingerprint density at radius 1 is 0.828 bits per heavy atom. The zero-order valence-electron chi connectivity index (χ0n) is 14.7. The average Bonchev–Trinajstić information content (AvgIpc) is 2.56. The van der Waals surface area contributed by atoms with Crippen LogP contribution in [0.5, 0.6) is 0 Å². The van der Waals surface area contributed by atoms with Crippen LogP contribution < -0.4 is 0 Å². The highest BCUT2D eigenvalue weighted by Crippen LogP contribution is 2.58. The summed E-state index contributed by atoms with van der Waals surface area (Å²) in [6, 6.07) is 0. The lowest BCUT2D eigenvalue weighted by molar-refractivity contribution is -0.412. The summed E-state index contributed by atoms with van der Waals surface area (Å²) in [5.41, 5.74) is 0. The number of amides is 1. The normalized spacial score (nSPS) is 14.4. The standard InChI is InChI=1S/C14H17F12NO2/c1-2-3-4-5-6-27(9(28)29)7-10(17,18)12(21,22)14(25,26)13(23,24)11(19,20)8(15)16/h8H,2-7H2,1H3,(H,28,29). The van der Waals surface area contributed by atoms with Crippen LogP contribution in [-0.2, 0) is 0 Å². The third-order valence-electron chi connectivity index (χ3n) is 3.88. The molecular formula is C14H17F12NO2. The molecule has 0 aromatic carbocycles. The van der Waals surface area contributed by atoms with Gasteiger partial charge in [0.1, 0.15) is 0 Å². The lowest BCUT2D eigenvalue weighted by Crippen LogP contribution is -2.70. The highest BCUT2D eigenvalue weighted by atomic mass is 19.4. The van der Waals surface area contributed by atoms with Gasteiger partial charge in [0.05, 0.1) is 6.54 Å². The van der Waals surface area contributed by atoms with E-state index < -0.39 is 60.1 Å². The van der Waals surface area contributed by atoms with Crippen molar-refractivity contribution in [3.05, 3.63) is 0 Å². The Balaban J connectivity index is 5.83. The fourth-order valence-corrected chi connectivity index (χ4v) is 2.08. The van der Waals surface area contributed by atoms with Gasteiger partial charge in [-0.3, -0.25) is 0 Å². The molecule has 3 nitrogen and oxygen atoms in total. The molecule has 0 saturated heterocycles. The predicted octanol–water partition coefficient (Wildman–Crippen LogP) is 5.99. The van der Waals surface area contributed by atoms with Gasteiger partial charge < -0.3 is 10.0 Å². The second-order valence-corrected chi connectivity index (χ2v) is 6.12. The molecule has 0 aliphatic heterocycles. The molecular weight excluding hydrogens is 442 g/mol. The van der Waals surface area contributed by atoms with E-state index in [1.165, 1.54) is 0 Å². The van der Waals surface area contributed by atoms with E-state index in [1.54, 1.807) is 6.92 Å². The highest BCUT2D eigenvalue weighted by molar-refractivity contribution is 5.65. The first-order chi connectivity index (χ1) is 12.8. The lowest BCUT2D eigenvalue weighted by Gasteiger charge is -2.40. The van der Waals surface area contributed by atoms with E-state index >= 15 is 0 Å². The van der Waals surface area contributed by atoms with Crippen molar-refractivity contribution in [1.29, 1.82) is 0 Å². The smallest absolute Gasteiger partial charge is 0.407 e. The van der Waals surface area contributed by atoms with Gasteiger partial charge in [0.15, 0.2) is 0 Å². The number of halogens is 12. The Bertz CT molecular complexity index is 553. The summed E-state index contributed by atoms with van der Waals surface area (Å²) in [6.45, 7) is -1.94. The summed E-state index contributed by atoms with van der Waals surface area (Å²) in [7, 11) is 0. The second kappa shape index (κ2) is 9.06. The maximum Gasteiger partial charge on any atom is 0.407 e. The monoisotopic (exact) mass is 459 g/mol. The molecule has 0 saturated carbocycles. The van der Waals surface area contributed by atoms with E-state index in [4.69, 9.17) is 5.11 Å². The lowest BCUT2D eigenvalue weighted by atomic mass is 9.94. The van der Waals surface area contributed by atoms with Gasteiger partial charge in [-0.15, -0.1) is 0 Å². The van der Waals surface area contributed by atoms with Gasteiger partial charge >= 0.3 is 42.1 Å². The number of alkyl halides is 12. The van der Waals surface area contributed by atoms with Crippen molar-refractivity contribution < 1.29 is 62.6 Å². The first kappa shape index (κ1) is 27.4. The molecule has 0 spiro atoms. The third kappa shape index (κ3) is 5.13. The molecule has 29 heavy (non-hydrogen) atoms. The maximum absolute atomic E-state index is 13.7. The maximum atomic E-state index is 13.7. The van der Waals surface area contributed by atoms with Crippen LogP contribution in [-0.4, -0.2) is 65.2 Å². The van der Waals surface area contributed by atoms with Crippen LogP contribution in [0.1, 0.15) is 32.6 Å². The first-order valence-corrected chi connectivity index (χ1v) is 7.96. The third-order valence-corrected chi connectivity index (χ3v) is 3.88. The molecule has 0 unspecified atom stereocenters. The van der Waals surface area contributed by atoms with Crippen molar-refractivity contribution in [2.24, 2.45) is 0 Å². The van der Waals surface area contributed by atoms with Gasteiger partial charge in [-0.1, -0.05) is 26.2 Å². The molecule has 0 aliphatic carbocycles. The molecule has 1 amide bonds. The summed E-state index contributed by atoms with van der Waals surface area (Å²) in [5, 5.41) is 8.72. The predicted molar refractivity (Wildman–Crippen MR) is 74.5 cm³/mol. The topological polar surface area (TPSA) is 40.5 Å². The van der Waals surface area contributed by atoms with Crippen LogP contribution in [0.3, 0.4) is 0 Å². The Hall–Kier alpha value is -1.57. The Kier molecular flexibility index (Phi) is 8.57. The minimum atomic E-state index is -7.66. The number of nitrogens with zero attached hydrogens (tertiary/aromatic N) is 1. The van der Waals surface area contributed by atoms with Crippen molar-refractivity contribution in [2.45, 2.75) is 68.6 Å². The number of rotatable bonds is 12.